The Kier molecular flexibility index (Phi) is 4.77. The first kappa shape index (κ1) is 14.3. The zero-order valence-corrected chi connectivity index (χ0v) is 13.1. The molecular weight excluding hydrogens is 322 g/mol. The highest BCUT2D eigenvalue weighted by Gasteiger charge is 2.09. The van der Waals surface area contributed by atoms with Crippen LogP contribution in [0.1, 0.15) is 16.7 Å². The van der Waals surface area contributed by atoms with Crippen molar-refractivity contribution in [2.75, 3.05) is 5.73 Å². The number of halogens is 1. The normalized spacial score (nSPS) is 12.3. The summed E-state index contributed by atoms with van der Waals surface area (Å²) in [6.07, 6.45) is 0. The molecule has 0 heterocycles. The second kappa shape index (κ2) is 6.35. The largest absolute Gasteiger partial charge is 0.398 e. The molecule has 0 amide bonds. The molecule has 0 aliphatic heterocycles. The second-order valence-electron chi connectivity index (χ2n) is 4.53. The number of rotatable bonds is 4. The third-order valence-corrected chi connectivity index (χ3v) is 4.88. The summed E-state index contributed by atoms with van der Waals surface area (Å²) < 4.78 is 13.2. The van der Waals surface area contributed by atoms with E-state index in [0.29, 0.717) is 17.2 Å². The van der Waals surface area contributed by atoms with Crippen LogP contribution in [0.15, 0.2) is 46.9 Å². The molecule has 0 saturated carbocycles. The minimum absolute atomic E-state index is 0.473. The summed E-state index contributed by atoms with van der Waals surface area (Å²) in [5.74, 6) is 1.03. The van der Waals surface area contributed by atoms with Crippen molar-refractivity contribution in [3.63, 3.8) is 0 Å². The smallest absolute Gasteiger partial charge is 0.0520 e. The van der Waals surface area contributed by atoms with Gasteiger partial charge in [-0.25, -0.2) is 0 Å². The highest BCUT2D eigenvalue weighted by molar-refractivity contribution is 9.10. The van der Waals surface area contributed by atoms with Crippen molar-refractivity contribution in [2.45, 2.75) is 18.4 Å². The summed E-state index contributed by atoms with van der Waals surface area (Å²) in [6, 6.07) is 13.8. The fourth-order valence-electron chi connectivity index (χ4n) is 1.93. The van der Waals surface area contributed by atoms with Crippen LogP contribution in [0.3, 0.4) is 0 Å². The average Bonchev–Trinajstić information content (AvgIpc) is 2.34. The standard InChI is InChI=1S/C15H16BrNOS/c1-11-4-2-5-12(8-11)9-19(18)10-13-14(16)6-3-7-15(13)17/h2-8H,9-10,17H2,1H3. The first-order chi connectivity index (χ1) is 9.06. The summed E-state index contributed by atoms with van der Waals surface area (Å²) >= 11 is 3.46. The maximum absolute atomic E-state index is 12.2. The second-order valence-corrected chi connectivity index (χ2v) is 6.84. The van der Waals surface area contributed by atoms with Crippen LogP contribution in [-0.4, -0.2) is 4.21 Å². The molecule has 100 valence electrons. The summed E-state index contributed by atoms with van der Waals surface area (Å²) in [6.45, 7) is 2.04. The number of hydrogen-bond acceptors (Lipinski definition) is 2. The molecule has 2 N–H and O–H groups in total. The Morgan fingerprint density at radius 1 is 1.16 bits per heavy atom. The highest BCUT2D eigenvalue weighted by Crippen LogP contribution is 2.24. The number of benzene rings is 2. The van der Waals surface area contributed by atoms with E-state index >= 15 is 0 Å². The van der Waals surface area contributed by atoms with E-state index in [4.69, 9.17) is 5.73 Å². The molecule has 0 aliphatic carbocycles. The van der Waals surface area contributed by atoms with E-state index in [9.17, 15) is 4.21 Å². The van der Waals surface area contributed by atoms with E-state index < -0.39 is 10.8 Å². The average molecular weight is 338 g/mol. The van der Waals surface area contributed by atoms with E-state index in [2.05, 4.69) is 22.0 Å². The molecule has 2 rings (SSSR count). The first-order valence-electron chi connectivity index (χ1n) is 5.99. The van der Waals surface area contributed by atoms with Crippen molar-refractivity contribution in [1.29, 1.82) is 0 Å². The van der Waals surface area contributed by atoms with Gasteiger partial charge in [0.1, 0.15) is 0 Å². The van der Waals surface area contributed by atoms with Crippen LogP contribution in [0, 0.1) is 6.92 Å². The minimum Gasteiger partial charge on any atom is -0.398 e. The fourth-order valence-corrected chi connectivity index (χ4v) is 3.93. The van der Waals surface area contributed by atoms with E-state index in [1.807, 2.05) is 43.3 Å². The van der Waals surface area contributed by atoms with E-state index in [-0.39, 0.29) is 0 Å². The van der Waals surface area contributed by atoms with Gasteiger partial charge in [0.05, 0.1) is 5.75 Å². The third-order valence-electron chi connectivity index (χ3n) is 2.87. The Morgan fingerprint density at radius 2 is 1.89 bits per heavy atom. The molecule has 2 aromatic carbocycles. The molecule has 0 spiro atoms. The van der Waals surface area contributed by atoms with E-state index in [0.717, 1.165) is 15.6 Å². The lowest BCUT2D eigenvalue weighted by Crippen LogP contribution is -2.03. The van der Waals surface area contributed by atoms with Crippen molar-refractivity contribution in [2.24, 2.45) is 0 Å². The van der Waals surface area contributed by atoms with Crippen LogP contribution in [0.2, 0.25) is 0 Å². The monoisotopic (exact) mass is 337 g/mol. The Morgan fingerprint density at radius 3 is 2.58 bits per heavy atom. The Balaban J connectivity index is 2.10. The first-order valence-corrected chi connectivity index (χ1v) is 8.28. The van der Waals surface area contributed by atoms with Crippen molar-refractivity contribution in [3.05, 3.63) is 63.6 Å². The van der Waals surface area contributed by atoms with Gasteiger partial charge in [-0.15, -0.1) is 0 Å². The number of aryl methyl sites for hydroxylation is 1. The lowest BCUT2D eigenvalue weighted by atomic mass is 10.2. The van der Waals surface area contributed by atoms with Gasteiger partial charge in [0.15, 0.2) is 0 Å². The highest BCUT2D eigenvalue weighted by atomic mass is 79.9. The summed E-state index contributed by atoms with van der Waals surface area (Å²) in [5, 5.41) is 0. The lowest BCUT2D eigenvalue weighted by Gasteiger charge is -2.08. The number of nitrogen functional groups attached to an aromatic ring is 1. The Hall–Kier alpha value is -1.13. The molecule has 1 unspecified atom stereocenters. The molecule has 19 heavy (non-hydrogen) atoms. The van der Waals surface area contributed by atoms with Gasteiger partial charge in [-0.05, 0) is 24.6 Å². The van der Waals surface area contributed by atoms with Gasteiger partial charge in [-0.1, -0.05) is 51.8 Å². The third kappa shape index (κ3) is 3.91. The molecule has 0 bridgehead atoms. The van der Waals surface area contributed by atoms with Crippen molar-refractivity contribution in [3.8, 4) is 0 Å². The van der Waals surface area contributed by atoms with Gasteiger partial charge in [0.2, 0.25) is 0 Å². The Bertz CT molecular complexity index is 593. The van der Waals surface area contributed by atoms with Gasteiger partial charge < -0.3 is 5.73 Å². The maximum Gasteiger partial charge on any atom is 0.0520 e. The van der Waals surface area contributed by atoms with Gasteiger partial charge in [0.25, 0.3) is 0 Å². The van der Waals surface area contributed by atoms with Gasteiger partial charge >= 0.3 is 0 Å². The van der Waals surface area contributed by atoms with Crippen LogP contribution >= 0.6 is 15.9 Å². The molecule has 1 atom stereocenters. The zero-order valence-electron chi connectivity index (χ0n) is 10.7. The molecule has 0 aliphatic rings. The van der Waals surface area contributed by atoms with Gasteiger partial charge in [-0.3, -0.25) is 4.21 Å². The molecular formula is C15H16BrNOS. The molecule has 0 saturated heterocycles. The predicted molar refractivity (Wildman–Crippen MR) is 85.3 cm³/mol. The van der Waals surface area contributed by atoms with Gasteiger partial charge in [0, 0.05) is 32.3 Å². The van der Waals surface area contributed by atoms with Crippen molar-refractivity contribution >= 4 is 32.4 Å². The SMILES string of the molecule is Cc1cccc(CS(=O)Cc2c(N)cccc2Br)c1. The zero-order chi connectivity index (χ0) is 13.8. The van der Waals surface area contributed by atoms with Crippen LogP contribution in [0.25, 0.3) is 0 Å². The van der Waals surface area contributed by atoms with Crippen LogP contribution in [0.5, 0.6) is 0 Å². The molecule has 2 aromatic rings. The van der Waals surface area contributed by atoms with Gasteiger partial charge in [-0.2, -0.15) is 0 Å². The van der Waals surface area contributed by atoms with Crippen LogP contribution in [-0.2, 0) is 22.3 Å². The Labute approximate surface area is 124 Å². The number of hydrogen-bond donors (Lipinski definition) is 1. The lowest BCUT2D eigenvalue weighted by molar-refractivity contribution is 0.682. The maximum atomic E-state index is 12.2. The molecule has 0 radical (unpaired) electrons. The topological polar surface area (TPSA) is 43.1 Å². The predicted octanol–water partition coefficient (Wildman–Crippen LogP) is 3.79. The quantitative estimate of drug-likeness (QED) is 0.862. The molecule has 2 nitrogen and oxygen atoms in total. The number of anilines is 1. The van der Waals surface area contributed by atoms with E-state index in [1.165, 1.54) is 5.56 Å². The molecule has 0 fully saturated rings. The minimum atomic E-state index is -0.961. The molecule has 4 heteroatoms. The summed E-state index contributed by atoms with van der Waals surface area (Å²) in [4.78, 5) is 0. The summed E-state index contributed by atoms with van der Waals surface area (Å²) in [7, 11) is -0.961. The number of nitrogens with two attached hydrogens (primary N) is 1. The van der Waals surface area contributed by atoms with Crippen LogP contribution < -0.4 is 5.73 Å². The van der Waals surface area contributed by atoms with Crippen molar-refractivity contribution in [1.82, 2.24) is 0 Å². The summed E-state index contributed by atoms with van der Waals surface area (Å²) in [5.41, 5.74) is 9.82. The fraction of sp³-hybridized carbons (Fsp3) is 0.200. The van der Waals surface area contributed by atoms with Crippen molar-refractivity contribution < 1.29 is 4.21 Å². The van der Waals surface area contributed by atoms with Crippen LogP contribution in [0.4, 0.5) is 5.69 Å². The molecule has 0 aromatic heterocycles. The van der Waals surface area contributed by atoms with E-state index in [1.54, 1.807) is 0 Å².